The number of nitrogens with one attached hydrogen (secondary N) is 1. The molecule has 1 amide bonds. The summed E-state index contributed by atoms with van der Waals surface area (Å²) >= 11 is 0. The molecule has 14 heteroatoms. The zero-order chi connectivity index (χ0) is 25.2. The Morgan fingerprint density at radius 3 is 2.53 bits per heavy atom. The maximum Gasteiger partial charge on any atom is 0.417 e. The maximum absolute atomic E-state index is 13.4. The van der Waals surface area contributed by atoms with Gasteiger partial charge in [-0.1, -0.05) is 23.4 Å². The minimum absolute atomic E-state index is 0.182. The Bertz CT molecular complexity index is 1090. The van der Waals surface area contributed by atoms with Crippen molar-refractivity contribution < 1.29 is 47.9 Å². The predicted octanol–water partition coefficient (Wildman–Crippen LogP) is 0.0911. The third-order valence-corrected chi connectivity index (χ3v) is 5.13. The van der Waals surface area contributed by atoms with E-state index in [1.165, 1.54) is 18.2 Å². The van der Waals surface area contributed by atoms with Crippen molar-refractivity contribution in [3.05, 3.63) is 47.9 Å². The molecular weight excluding hydrogens is 465 g/mol. The van der Waals surface area contributed by atoms with Gasteiger partial charge in [-0.15, -0.1) is 5.10 Å². The van der Waals surface area contributed by atoms with Crippen LogP contribution in [0.2, 0.25) is 0 Å². The van der Waals surface area contributed by atoms with Gasteiger partial charge in [0.1, 0.15) is 24.0 Å². The highest BCUT2D eigenvalue weighted by Crippen LogP contribution is 2.37. The van der Waals surface area contributed by atoms with Crippen LogP contribution in [0.3, 0.4) is 0 Å². The zero-order valence-corrected chi connectivity index (χ0v) is 17.5. The number of aromatic nitrogens is 3. The Hall–Kier alpha value is -3.49. The zero-order valence-electron chi connectivity index (χ0n) is 17.5. The van der Waals surface area contributed by atoms with Crippen LogP contribution in [0, 0.1) is 0 Å². The molecule has 0 radical (unpaired) electrons. The number of alkyl halides is 3. The summed E-state index contributed by atoms with van der Waals surface area (Å²) in [6.07, 6.45) is -7.68. The summed E-state index contributed by atoms with van der Waals surface area (Å²) in [6, 6.07) is 2.20. The van der Waals surface area contributed by atoms with Crippen molar-refractivity contribution in [1.29, 1.82) is 0 Å². The van der Waals surface area contributed by atoms with Crippen molar-refractivity contribution in [3.8, 4) is 11.3 Å². The van der Waals surface area contributed by atoms with E-state index in [-0.39, 0.29) is 11.3 Å². The third kappa shape index (κ3) is 5.18. The van der Waals surface area contributed by atoms with Crippen LogP contribution in [0.25, 0.3) is 11.3 Å². The number of ether oxygens (including phenoxy) is 1. The first-order valence-electron chi connectivity index (χ1n) is 9.88. The molecule has 184 valence electrons. The Morgan fingerprint density at radius 1 is 1.26 bits per heavy atom. The van der Waals surface area contributed by atoms with Crippen molar-refractivity contribution in [2.24, 2.45) is 0 Å². The summed E-state index contributed by atoms with van der Waals surface area (Å²) < 4.78 is 46.6. The molecule has 0 saturated carbocycles. The molecule has 3 rings (SSSR count). The van der Waals surface area contributed by atoms with Gasteiger partial charge in [-0.2, -0.15) is 13.2 Å². The second kappa shape index (κ2) is 9.79. The van der Waals surface area contributed by atoms with E-state index in [4.69, 9.17) is 4.74 Å². The number of amides is 1. The maximum atomic E-state index is 13.4. The average molecular weight is 486 g/mol. The highest BCUT2D eigenvalue weighted by Gasteiger charge is 2.45. The number of benzene rings is 1. The van der Waals surface area contributed by atoms with Crippen LogP contribution in [0.4, 0.5) is 13.2 Å². The topological polar surface area (TPSA) is 167 Å². The molecule has 1 aromatic carbocycles. The van der Waals surface area contributed by atoms with Gasteiger partial charge in [-0.25, -0.2) is 9.48 Å². The van der Waals surface area contributed by atoms with Crippen LogP contribution in [-0.2, 0) is 20.5 Å². The number of carboxylic acid groups (broad SMARTS) is 1. The van der Waals surface area contributed by atoms with Crippen molar-refractivity contribution >= 4 is 11.9 Å². The van der Waals surface area contributed by atoms with E-state index in [1.54, 1.807) is 0 Å². The summed E-state index contributed by atoms with van der Waals surface area (Å²) in [7, 11) is 0. The SMILES string of the molecule is CC(=O)N[C@H]1[C@H]([C@H](O)C(O)CO)OC(C(=O)O)=C[C@@H]1n1cc(-c2ccccc2C(F)(F)F)nn1. The molecular formula is C20H21F3N4O7. The third-order valence-electron chi connectivity index (χ3n) is 5.13. The van der Waals surface area contributed by atoms with Crippen LogP contribution in [-0.4, -0.2) is 78.3 Å². The molecule has 2 heterocycles. The number of carbonyl (C=O) groups is 2. The number of aliphatic hydroxyl groups excluding tert-OH is 3. The Kier molecular flexibility index (Phi) is 7.24. The number of aliphatic hydroxyl groups is 3. The van der Waals surface area contributed by atoms with E-state index in [0.717, 1.165) is 29.9 Å². The molecule has 5 atom stereocenters. The average Bonchev–Trinajstić information content (AvgIpc) is 3.27. The molecule has 5 N–H and O–H groups in total. The van der Waals surface area contributed by atoms with E-state index in [9.17, 15) is 43.2 Å². The van der Waals surface area contributed by atoms with Gasteiger partial charge in [0, 0.05) is 12.5 Å². The highest BCUT2D eigenvalue weighted by atomic mass is 19.4. The Labute approximate surface area is 190 Å². The van der Waals surface area contributed by atoms with Crippen molar-refractivity contribution in [2.75, 3.05) is 6.61 Å². The number of hydrogen-bond acceptors (Lipinski definition) is 8. The number of carbonyl (C=O) groups excluding carboxylic acids is 1. The molecule has 34 heavy (non-hydrogen) atoms. The van der Waals surface area contributed by atoms with Gasteiger partial charge in [-0.05, 0) is 12.1 Å². The molecule has 1 aliphatic rings. The van der Waals surface area contributed by atoms with E-state index >= 15 is 0 Å². The summed E-state index contributed by atoms with van der Waals surface area (Å²) in [5.41, 5.74) is -1.42. The number of halogens is 3. The van der Waals surface area contributed by atoms with Gasteiger partial charge >= 0.3 is 12.1 Å². The Morgan fingerprint density at radius 2 is 1.94 bits per heavy atom. The molecule has 0 spiro atoms. The van der Waals surface area contributed by atoms with E-state index in [0.29, 0.717) is 0 Å². The molecule has 0 aliphatic carbocycles. The monoisotopic (exact) mass is 486 g/mol. The lowest BCUT2D eigenvalue weighted by atomic mass is 9.92. The lowest BCUT2D eigenvalue weighted by Gasteiger charge is -2.39. The fourth-order valence-corrected chi connectivity index (χ4v) is 3.59. The van der Waals surface area contributed by atoms with Crippen molar-refractivity contribution in [1.82, 2.24) is 20.3 Å². The second-order valence-corrected chi connectivity index (χ2v) is 7.50. The van der Waals surface area contributed by atoms with Crippen LogP contribution in [0.15, 0.2) is 42.3 Å². The summed E-state index contributed by atoms with van der Waals surface area (Å²) in [4.78, 5) is 23.4. The largest absolute Gasteiger partial charge is 0.478 e. The van der Waals surface area contributed by atoms with Gasteiger partial charge in [-0.3, -0.25) is 4.79 Å². The first-order chi connectivity index (χ1) is 15.9. The van der Waals surface area contributed by atoms with Crippen molar-refractivity contribution in [2.45, 2.75) is 43.5 Å². The van der Waals surface area contributed by atoms with Gasteiger partial charge in [0.2, 0.25) is 11.7 Å². The lowest BCUT2D eigenvalue weighted by molar-refractivity contribution is -0.147. The Balaban J connectivity index is 2.09. The molecule has 2 aromatic rings. The number of aliphatic carboxylic acids is 1. The lowest BCUT2D eigenvalue weighted by Crippen LogP contribution is -2.58. The van der Waals surface area contributed by atoms with E-state index in [1.807, 2.05) is 0 Å². The van der Waals surface area contributed by atoms with E-state index < -0.39 is 66.4 Å². The van der Waals surface area contributed by atoms with Crippen LogP contribution >= 0.6 is 0 Å². The molecule has 1 unspecified atom stereocenters. The first kappa shape index (κ1) is 25.1. The van der Waals surface area contributed by atoms with Gasteiger partial charge in [0.05, 0.1) is 30.5 Å². The number of rotatable bonds is 7. The minimum Gasteiger partial charge on any atom is -0.478 e. The standard InChI is InChI=1S/C20H21F3N4O7/c1-9(29)24-16-13(6-15(19(32)33)34-18(16)17(31)14(30)8-28)27-7-12(25-26-27)10-4-2-3-5-11(10)20(21,22)23/h2-7,13-14,16-18,28,30-31H,8H2,1H3,(H,24,29)(H,32,33)/t13-,14?,16+,17+,18+/m0/s1. The summed E-state index contributed by atoms with van der Waals surface area (Å²) in [6.45, 7) is 0.234. The first-order valence-corrected chi connectivity index (χ1v) is 9.88. The molecule has 1 aromatic heterocycles. The number of carboxylic acids is 1. The second-order valence-electron chi connectivity index (χ2n) is 7.50. The molecule has 0 fully saturated rings. The highest BCUT2D eigenvalue weighted by molar-refractivity contribution is 5.84. The van der Waals surface area contributed by atoms with Crippen molar-refractivity contribution in [3.63, 3.8) is 0 Å². The van der Waals surface area contributed by atoms with Gasteiger partial charge in [0.25, 0.3) is 0 Å². The number of nitrogens with zero attached hydrogens (tertiary/aromatic N) is 3. The summed E-state index contributed by atoms with van der Waals surface area (Å²) in [5, 5.41) is 48.9. The van der Waals surface area contributed by atoms with Crippen LogP contribution in [0.1, 0.15) is 18.5 Å². The fourth-order valence-electron chi connectivity index (χ4n) is 3.59. The quantitative estimate of drug-likeness (QED) is 0.364. The molecule has 1 aliphatic heterocycles. The molecule has 0 saturated heterocycles. The van der Waals surface area contributed by atoms with E-state index in [2.05, 4.69) is 15.6 Å². The van der Waals surface area contributed by atoms with Gasteiger partial charge in [0.15, 0.2) is 0 Å². The van der Waals surface area contributed by atoms with Gasteiger partial charge < -0.3 is 30.5 Å². The number of hydrogen-bond donors (Lipinski definition) is 5. The minimum atomic E-state index is -4.68. The summed E-state index contributed by atoms with van der Waals surface area (Å²) in [5.74, 6) is -2.84. The molecule has 11 nitrogen and oxygen atoms in total. The normalized spacial score (nSPS) is 22.3. The predicted molar refractivity (Wildman–Crippen MR) is 107 cm³/mol. The van der Waals surface area contributed by atoms with Crippen LogP contribution in [0.5, 0.6) is 0 Å². The molecule has 0 bridgehead atoms. The van der Waals surface area contributed by atoms with Crippen LogP contribution < -0.4 is 5.32 Å². The smallest absolute Gasteiger partial charge is 0.417 e. The fraction of sp³-hybridized carbons (Fsp3) is 0.400.